The lowest BCUT2D eigenvalue weighted by Crippen LogP contribution is -2.58. The standard InChI is InChI=1S/C21H14NS.ClHO4/c1-2-8-15(9-3-1)20-14-23-21-18-12-5-4-10-16(18)17-11-6-7-13-19(17)22(20)21;2-1(3,4)5/h1-14H;(H,2,3,4,5)/q+1;. The van der Waals surface area contributed by atoms with Crippen LogP contribution in [-0.4, -0.2) is 4.66 Å². The van der Waals surface area contributed by atoms with Crippen LogP contribution in [0.25, 0.3) is 37.8 Å². The van der Waals surface area contributed by atoms with Crippen molar-refractivity contribution in [3.63, 3.8) is 0 Å². The molecule has 0 saturated heterocycles. The fourth-order valence-electron chi connectivity index (χ4n) is 3.36. The quantitative estimate of drug-likeness (QED) is 0.332. The van der Waals surface area contributed by atoms with Crippen molar-refractivity contribution in [1.82, 2.24) is 0 Å². The molecule has 3 aromatic carbocycles. The summed E-state index contributed by atoms with van der Waals surface area (Å²) in [4.78, 5) is 1.30. The van der Waals surface area contributed by atoms with Crippen molar-refractivity contribution in [3.05, 3.63) is 84.2 Å². The second kappa shape index (κ2) is 7.44. The molecule has 0 atom stereocenters. The van der Waals surface area contributed by atoms with Gasteiger partial charge in [0.2, 0.25) is 11.2 Å². The zero-order valence-electron chi connectivity index (χ0n) is 14.5. The highest BCUT2D eigenvalue weighted by molar-refractivity contribution is 7.16. The maximum absolute atomic E-state index is 8.60. The first-order valence-electron chi connectivity index (χ1n) is 8.35. The Balaban J connectivity index is 0.000000346. The van der Waals surface area contributed by atoms with E-state index in [0.717, 1.165) is 0 Å². The Morgan fingerprint density at radius 3 is 1.93 bits per heavy atom. The van der Waals surface area contributed by atoms with Crippen LogP contribution in [0.1, 0.15) is 0 Å². The van der Waals surface area contributed by atoms with Crippen LogP contribution in [-0.2, 0) is 0 Å². The van der Waals surface area contributed by atoms with E-state index in [1.54, 1.807) is 0 Å². The van der Waals surface area contributed by atoms with Gasteiger partial charge in [0.25, 0.3) is 4.83 Å². The highest BCUT2D eigenvalue weighted by atomic mass is 35.7. The Morgan fingerprint density at radius 2 is 1.25 bits per heavy atom. The van der Waals surface area contributed by atoms with E-state index in [2.05, 4.69) is 88.6 Å². The third-order valence-corrected chi connectivity index (χ3v) is 5.36. The molecule has 0 amide bonds. The second-order valence-corrected chi connectivity index (χ2v) is 7.74. The van der Waals surface area contributed by atoms with Gasteiger partial charge in [-0.25, -0.2) is 0 Å². The number of thiazole rings is 1. The number of hydrogen-bond donors (Lipinski definition) is 1. The Labute approximate surface area is 166 Å². The zero-order valence-corrected chi connectivity index (χ0v) is 16.1. The van der Waals surface area contributed by atoms with Crippen molar-refractivity contribution < 1.29 is 33.3 Å². The van der Waals surface area contributed by atoms with Crippen LogP contribution < -0.4 is 18.4 Å². The fraction of sp³-hybridized carbons (Fsp3) is 0. The van der Waals surface area contributed by atoms with Crippen molar-refractivity contribution >= 4 is 37.8 Å². The minimum atomic E-state index is -4.69. The van der Waals surface area contributed by atoms with Crippen LogP contribution in [0.15, 0.2) is 84.2 Å². The molecule has 5 nitrogen and oxygen atoms in total. The van der Waals surface area contributed by atoms with Crippen LogP contribution in [0.4, 0.5) is 0 Å². The van der Waals surface area contributed by atoms with E-state index in [4.69, 9.17) is 18.6 Å². The Bertz CT molecular complexity index is 1260. The maximum atomic E-state index is 8.60. The largest absolute Gasteiger partial charge is 0.276 e. The number of rotatable bonds is 1. The van der Waals surface area contributed by atoms with Crippen LogP contribution in [0.3, 0.4) is 0 Å². The summed E-state index contributed by atoms with van der Waals surface area (Å²) in [7, 11) is -4.69. The van der Waals surface area contributed by atoms with Crippen molar-refractivity contribution in [1.29, 1.82) is 0 Å². The van der Waals surface area contributed by atoms with Crippen LogP contribution in [0, 0.1) is 10.2 Å². The molecule has 0 fully saturated rings. The molecule has 2 heterocycles. The number of benzene rings is 3. The lowest BCUT2D eigenvalue weighted by atomic mass is 10.1. The van der Waals surface area contributed by atoms with E-state index in [1.807, 2.05) is 11.3 Å². The van der Waals surface area contributed by atoms with Gasteiger partial charge in [-0.15, -0.1) is 4.40 Å². The number of hydrogen-bond acceptors (Lipinski definition) is 5. The Hall–Kier alpha value is -2.58. The summed E-state index contributed by atoms with van der Waals surface area (Å²) >= 11 is 1.82. The van der Waals surface area contributed by atoms with Crippen molar-refractivity contribution in [3.8, 4) is 11.3 Å². The summed E-state index contributed by atoms with van der Waals surface area (Å²) in [5.41, 5.74) is 3.78. The van der Waals surface area contributed by atoms with E-state index >= 15 is 0 Å². The van der Waals surface area contributed by atoms with E-state index in [9.17, 15) is 0 Å². The van der Waals surface area contributed by atoms with Gasteiger partial charge in [0.15, 0.2) is 0 Å². The molecule has 0 radical (unpaired) electrons. The average Bonchev–Trinajstić information content (AvgIpc) is 3.13. The van der Waals surface area contributed by atoms with E-state index in [1.165, 1.54) is 37.8 Å². The Morgan fingerprint density at radius 1 is 0.714 bits per heavy atom. The molecule has 7 heteroatoms. The van der Waals surface area contributed by atoms with Gasteiger partial charge >= 0.3 is 0 Å². The summed E-state index contributed by atoms with van der Waals surface area (Å²) < 4.78 is 35.1. The third-order valence-electron chi connectivity index (χ3n) is 4.39. The highest BCUT2D eigenvalue weighted by Crippen LogP contribution is 2.31. The van der Waals surface area contributed by atoms with Crippen molar-refractivity contribution in [2.24, 2.45) is 0 Å². The molecule has 5 aromatic rings. The molecule has 5 rings (SSSR count). The summed E-state index contributed by atoms with van der Waals surface area (Å²) in [5, 5.41) is 6.21. The van der Waals surface area contributed by atoms with Gasteiger partial charge in [-0.3, -0.25) is 0 Å². The molecule has 0 aliphatic heterocycles. The van der Waals surface area contributed by atoms with Gasteiger partial charge in [-0.1, -0.05) is 59.9 Å². The van der Waals surface area contributed by atoms with E-state index in [0.29, 0.717) is 0 Å². The molecule has 1 N–H and O–H groups in total. The predicted molar refractivity (Wildman–Crippen MR) is 100 cm³/mol. The summed E-state index contributed by atoms with van der Waals surface area (Å²) in [6, 6.07) is 28.0. The number of nitrogens with zero attached hydrogens (tertiary/aromatic N) is 1. The monoisotopic (exact) mass is 412 g/mol. The van der Waals surface area contributed by atoms with Gasteiger partial charge in [0, 0.05) is 17.0 Å². The lowest BCUT2D eigenvalue weighted by Gasteiger charge is -2.03. The molecule has 0 saturated carbocycles. The predicted octanol–water partition coefficient (Wildman–Crippen LogP) is 1.34. The molecule has 28 heavy (non-hydrogen) atoms. The highest BCUT2D eigenvalue weighted by Gasteiger charge is 2.22. The molecule has 0 unspecified atom stereocenters. The summed E-state index contributed by atoms with van der Waals surface area (Å²) in [6.07, 6.45) is 0. The lowest BCUT2D eigenvalue weighted by molar-refractivity contribution is -1.92. The molecule has 140 valence electrons. The molecule has 0 spiro atoms. The minimum absolute atomic E-state index is 1.25. The van der Waals surface area contributed by atoms with Crippen molar-refractivity contribution in [2.75, 3.05) is 0 Å². The first-order valence-corrected chi connectivity index (χ1v) is 10.5. The summed E-state index contributed by atoms with van der Waals surface area (Å²) in [6.45, 7) is 0. The number of pyridine rings is 1. The maximum Gasteiger partial charge on any atom is 0.276 e. The van der Waals surface area contributed by atoms with Gasteiger partial charge in [0.05, 0.1) is 31.1 Å². The van der Waals surface area contributed by atoms with Gasteiger partial charge in [-0.05, 0) is 24.3 Å². The molecular formula is C21H15ClNO4S+. The number of aromatic nitrogens is 1. The molecule has 0 aliphatic carbocycles. The fourth-order valence-corrected chi connectivity index (χ4v) is 4.43. The summed E-state index contributed by atoms with van der Waals surface area (Å²) in [5.74, 6) is 0. The van der Waals surface area contributed by atoms with Gasteiger partial charge in [0.1, 0.15) is 0 Å². The first kappa shape index (κ1) is 18.8. The molecule has 0 bridgehead atoms. The second-order valence-electron chi connectivity index (χ2n) is 6.09. The van der Waals surface area contributed by atoms with Gasteiger partial charge < -0.3 is 0 Å². The first-order chi connectivity index (χ1) is 13.4. The number of fused-ring (bicyclic) bond motifs is 6. The van der Waals surface area contributed by atoms with E-state index in [-0.39, 0.29) is 0 Å². The molecule has 2 aromatic heterocycles. The molecular weight excluding hydrogens is 398 g/mol. The topological polar surface area (TPSA) is 93.5 Å². The van der Waals surface area contributed by atoms with Gasteiger partial charge in [-0.2, -0.15) is 14.0 Å². The third kappa shape index (κ3) is 3.70. The molecule has 0 aliphatic rings. The van der Waals surface area contributed by atoms with Crippen LogP contribution in [0.2, 0.25) is 0 Å². The SMILES string of the molecule is [O-][Cl+3]([O-])([O-])O.c1ccc(-c2csc3c4ccccc4c4ccccc4[n+]23)cc1. The zero-order chi connectivity index (χ0) is 19.7. The number of para-hydroxylation sites is 1. The number of halogens is 1. The van der Waals surface area contributed by atoms with Crippen LogP contribution in [0.5, 0.6) is 0 Å². The smallest absolute Gasteiger partial charge is 0.183 e. The average molecular weight is 413 g/mol. The Kier molecular flexibility index (Phi) is 4.99. The van der Waals surface area contributed by atoms with E-state index < -0.39 is 10.2 Å². The normalized spacial score (nSPS) is 11.6. The van der Waals surface area contributed by atoms with Crippen molar-refractivity contribution in [2.45, 2.75) is 0 Å². The minimum Gasteiger partial charge on any atom is -0.183 e. The van der Waals surface area contributed by atoms with Crippen LogP contribution >= 0.6 is 11.3 Å².